The molecule has 0 spiro atoms. The van der Waals surface area contributed by atoms with Crippen LogP contribution in [0.4, 0.5) is 0 Å². The molecule has 1 unspecified atom stereocenters. The number of methoxy groups -OCH3 is 1. The Bertz CT molecular complexity index is 572. The summed E-state index contributed by atoms with van der Waals surface area (Å²) in [7, 11) is 1.33. The Morgan fingerprint density at radius 1 is 1.42 bits per heavy atom. The third-order valence-corrected chi connectivity index (χ3v) is 3.18. The van der Waals surface area contributed by atoms with Gasteiger partial charge in [-0.25, -0.2) is 4.79 Å². The van der Waals surface area contributed by atoms with E-state index in [4.69, 9.17) is 4.74 Å². The van der Waals surface area contributed by atoms with Crippen molar-refractivity contribution < 1.29 is 19.1 Å². The minimum absolute atomic E-state index is 0.0816. The number of ether oxygens (including phenoxy) is 2. The number of benzene rings is 1. The molecular formula is C15H16O4. The number of allylic oxidation sites excluding steroid dienone is 1. The van der Waals surface area contributed by atoms with Gasteiger partial charge in [-0.15, -0.1) is 0 Å². The second-order valence-corrected chi connectivity index (χ2v) is 4.72. The van der Waals surface area contributed by atoms with Crippen LogP contribution in [0.15, 0.2) is 24.3 Å². The molecule has 0 N–H and O–H groups in total. The second kappa shape index (κ2) is 4.88. The largest absolute Gasteiger partial charge is 0.478 e. The molecule has 1 heterocycles. The number of fused-ring (bicyclic) bond motifs is 1. The summed E-state index contributed by atoms with van der Waals surface area (Å²) in [5, 5.41) is 0. The maximum Gasteiger partial charge on any atom is 0.347 e. The average Bonchev–Trinajstić information content (AvgIpc) is 2.78. The van der Waals surface area contributed by atoms with Gasteiger partial charge in [0.05, 0.1) is 7.11 Å². The summed E-state index contributed by atoms with van der Waals surface area (Å²) in [6.45, 7) is 7.19. The Morgan fingerprint density at radius 3 is 2.68 bits per heavy atom. The number of aryl methyl sites for hydroxylation is 1. The van der Waals surface area contributed by atoms with E-state index >= 15 is 0 Å². The molecule has 1 aliphatic rings. The quantitative estimate of drug-likeness (QED) is 0.475. The molecule has 1 aromatic rings. The Morgan fingerprint density at radius 2 is 2.11 bits per heavy atom. The summed E-state index contributed by atoms with van der Waals surface area (Å²) < 4.78 is 10.2. The molecule has 1 aromatic carbocycles. The van der Waals surface area contributed by atoms with Gasteiger partial charge in [-0.1, -0.05) is 6.58 Å². The van der Waals surface area contributed by atoms with Crippen molar-refractivity contribution in [2.45, 2.75) is 26.4 Å². The van der Waals surface area contributed by atoms with E-state index < -0.39 is 12.1 Å². The van der Waals surface area contributed by atoms with E-state index in [0.717, 1.165) is 11.1 Å². The first-order valence-corrected chi connectivity index (χ1v) is 6.02. The molecule has 0 aliphatic carbocycles. The number of carbonyl (C=O) groups excluding carboxylic acids is 2. The van der Waals surface area contributed by atoms with E-state index in [1.807, 2.05) is 6.92 Å². The molecule has 2 rings (SSSR count). The molecule has 0 saturated heterocycles. The Kier molecular flexibility index (Phi) is 3.42. The molecule has 0 aromatic heterocycles. The normalized spacial score (nSPS) is 16.5. The van der Waals surface area contributed by atoms with Gasteiger partial charge in [0.1, 0.15) is 5.75 Å². The summed E-state index contributed by atoms with van der Waals surface area (Å²) in [5.74, 6) is 0.162. The lowest BCUT2D eigenvalue weighted by Crippen LogP contribution is -2.26. The Hall–Kier alpha value is -2.10. The zero-order valence-electron chi connectivity index (χ0n) is 11.3. The summed E-state index contributed by atoms with van der Waals surface area (Å²) in [6, 6.07) is 3.57. The van der Waals surface area contributed by atoms with Crippen molar-refractivity contribution in [3.63, 3.8) is 0 Å². The molecule has 0 saturated carbocycles. The third kappa shape index (κ3) is 2.38. The number of esters is 1. The standard InChI is InChI=1S/C15H16O4/c1-8(2)14(16)11-6-10-7-13(15(17)18-4)19-12(10)5-9(11)3/h5-6,13H,1,7H2,2-4H3. The van der Waals surface area contributed by atoms with Crippen molar-refractivity contribution in [3.8, 4) is 5.75 Å². The fourth-order valence-electron chi connectivity index (χ4n) is 2.13. The van der Waals surface area contributed by atoms with Crippen LogP contribution in [0.5, 0.6) is 5.75 Å². The number of hydrogen-bond donors (Lipinski definition) is 0. The summed E-state index contributed by atoms with van der Waals surface area (Å²) in [5.41, 5.74) is 2.77. The predicted molar refractivity (Wildman–Crippen MR) is 70.5 cm³/mol. The highest BCUT2D eigenvalue weighted by atomic mass is 16.6. The highest BCUT2D eigenvalue weighted by molar-refractivity contribution is 6.09. The fraction of sp³-hybridized carbons (Fsp3) is 0.333. The first-order valence-electron chi connectivity index (χ1n) is 6.02. The summed E-state index contributed by atoms with van der Waals surface area (Å²) in [4.78, 5) is 23.5. The minimum atomic E-state index is -0.616. The lowest BCUT2D eigenvalue weighted by Gasteiger charge is -2.08. The smallest absolute Gasteiger partial charge is 0.347 e. The van der Waals surface area contributed by atoms with Gasteiger partial charge in [-0.05, 0) is 42.7 Å². The highest BCUT2D eigenvalue weighted by Crippen LogP contribution is 2.32. The molecule has 4 heteroatoms. The van der Waals surface area contributed by atoms with Crippen LogP contribution in [0, 0.1) is 6.92 Å². The van der Waals surface area contributed by atoms with Crippen molar-refractivity contribution in [1.29, 1.82) is 0 Å². The SMILES string of the molecule is C=C(C)C(=O)c1cc2c(cc1C)OC(C(=O)OC)C2. The maximum atomic E-state index is 12.0. The van der Waals surface area contributed by atoms with Gasteiger partial charge in [-0.3, -0.25) is 4.79 Å². The molecule has 0 bridgehead atoms. The van der Waals surface area contributed by atoms with Crippen LogP contribution in [-0.4, -0.2) is 25.0 Å². The van der Waals surface area contributed by atoms with Gasteiger partial charge in [0, 0.05) is 12.0 Å². The maximum absolute atomic E-state index is 12.0. The molecule has 1 aliphatic heterocycles. The van der Waals surface area contributed by atoms with Gasteiger partial charge < -0.3 is 9.47 Å². The van der Waals surface area contributed by atoms with Gasteiger partial charge in [-0.2, -0.15) is 0 Å². The van der Waals surface area contributed by atoms with Gasteiger partial charge >= 0.3 is 5.97 Å². The van der Waals surface area contributed by atoms with Gasteiger partial charge in [0.15, 0.2) is 11.9 Å². The first kappa shape index (κ1) is 13.3. The van der Waals surface area contributed by atoms with Crippen LogP contribution < -0.4 is 4.74 Å². The zero-order valence-corrected chi connectivity index (χ0v) is 11.3. The average molecular weight is 260 g/mol. The van der Waals surface area contributed by atoms with E-state index in [9.17, 15) is 9.59 Å². The lowest BCUT2D eigenvalue weighted by molar-refractivity contribution is -0.147. The fourth-order valence-corrected chi connectivity index (χ4v) is 2.13. The molecule has 0 fully saturated rings. The van der Waals surface area contributed by atoms with E-state index in [2.05, 4.69) is 11.3 Å². The minimum Gasteiger partial charge on any atom is -0.478 e. The number of Topliss-reactive ketones (excluding diaryl/α,β-unsaturated/α-hetero) is 1. The molecular weight excluding hydrogens is 244 g/mol. The summed E-state index contributed by atoms with van der Waals surface area (Å²) in [6.07, 6.45) is -0.187. The molecule has 1 atom stereocenters. The molecule has 4 nitrogen and oxygen atoms in total. The molecule has 0 amide bonds. The van der Waals surface area contributed by atoms with Gasteiger partial charge in [0.25, 0.3) is 0 Å². The van der Waals surface area contributed by atoms with Gasteiger partial charge in [0.2, 0.25) is 0 Å². The van der Waals surface area contributed by atoms with Crippen molar-refractivity contribution in [2.24, 2.45) is 0 Å². The topological polar surface area (TPSA) is 52.6 Å². The van der Waals surface area contributed by atoms with E-state index in [-0.39, 0.29) is 5.78 Å². The van der Waals surface area contributed by atoms with Crippen LogP contribution in [0.3, 0.4) is 0 Å². The van der Waals surface area contributed by atoms with Crippen LogP contribution in [-0.2, 0) is 16.0 Å². The van der Waals surface area contributed by atoms with Crippen molar-refractivity contribution >= 4 is 11.8 Å². The van der Waals surface area contributed by atoms with E-state index in [1.54, 1.807) is 19.1 Å². The van der Waals surface area contributed by atoms with E-state index in [1.165, 1.54) is 7.11 Å². The van der Waals surface area contributed by atoms with Crippen molar-refractivity contribution in [2.75, 3.05) is 7.11 Å². The summed E-state index contributed by atoms with van der Waals surface area (Å²) >= 11 is 0. The van der Waals surface area contributed by atoms with Crippen molar-refractivity contribution in [1.82, 2.24) is 0 Å². The lowest BCUT2D eigenvalue weighted by atomic mass is 9.96. The number of carbonyl (C=O) groups is 2. The van der Waals surface area contributed by atoms with Crippen molar-refractivity contribution in [3.05, 3.63) is 41.0 Å². The second-order valence-electron chi connectivity index (χ2n) is 4.72. The predicted octanol–water partition coefficient (Wildman–Crippen LogP) is 2.23. The zero-order chi connectivity index (χ0) is 14.2. The third-order valence-electron chi connectivity index (χ3n) is 3.18. The van der Waals surface area contributed by atoms with Crippen LogP contribution in [0.1, 0.15) is 28.4 Å². The number of ketones is 1. The monoisotopic (exact) mass is 260 g/mol. The van der Waals surface area contributed by atoms with E-state index in [0.29, 0.717) is 23.3 Å². The number of hydrogen-bond acceptors (Lipinski definition) is 4. The van der Waals surface area contributed by atoms with Crippen LogP contribution in [0.25, 0.3) is 0 Å². The highest BCUT2D eigenvalue weighted by Gasteiger charge is 2.31. The number of rotatable bonds is 3. The molecule has 19 heavy (non-hydrogen) atoms. The molecule has 100 valence electrons. The van der Waals surface area contributed by atoms with Crippen LogP contribution in [0.2, 0.25) is 0 Å². The molecule has 0 radical (unpaired) electrons. The Labute approximate surface area is 112 Å². The first-order chi connectivity index (χ1) is 8.93. The Balaban J connectivity index is 2.35. The van der Waals surface area contributed by atoms with Crippen LogP contribution >= 0.6 is 0 Å².